The summed E-state index contributed by atoms with van der Waals surface area (Å²) in [6, 6.07) is 17.5. The summed E-state index contributed by atoms with van der Waals surface area (Å²) < 4.78 is 5.55. The third-order valence-corrected chi connectivity index (χ3v) is 6.19. The van der Waals surface area contributed by atoms with Crippen LogP contribution in [0.5, 0.6) is 0 Å². The topological polar surface area (TPSA) is 116 Å². The molecule has 5 rings (SSSR count). The van der Waals surface area contributed by atoms with E-state index >= 15 is 0 Å². The van der Waals surface area contributed by atoms with Crippen LogP contribution in [0.25, 0.3) is 22.0 Å². The van der Waals surface area contributed by atoms with Crippen LogP contribution in [0.15, 0.2) is 81.2 Å². The molecule has 3 heterocycles. The van der Waals surface area contributed by atoms with E-state index in [4.69, 9.17) is 21.1 Å². The van der Waals surface area contributed by atoms with Gasteiger partial charge in [0.25, 0.3) is 5.56 Å². The molecule has 0 radical (unpaired) electrons. The number of carboxylic acids is 1. The molecule has 1 unspecified atom stereocenters. The maximum atomic E-state index is 13.4. The standard InChI is InChI=1S/C26H20ClN3O5/c27-16-9-7-15(8-10-16)24-17-4-1-2-5-18(17)28-26(34)25(24)19-14-20(21-6-3-13-35-21)30(29-19)22(31)11-12-23(32)33/h1-10,13,20H,11-12,14H2,(H,28,34)(H,32,33). The van der Waals surface area contributed by atoms with Gasteiger partial charge in [-0.2, -0.15) is 5.10 Å². The highest BCUT2D eigenvalue weighted by atomic mass is 35.5. The first-order valence-corrected chi connectivity index (χ1v) is 11.4. The summed E-state index contributed by atoms with van der Waals surface area (Å²) in [6.07, 6.45) is 1.18. The predicted molar refractivity (Wildman–Crippen MR) is 131 cm³/mol. The van der Waals surface area contributed by atoms with E-state index in [2.05, 4.69) is 10.1 Å². The van der Waals surface area contributed by atoms with Gasteiger partial charge < -0.3 is 14.5 Å². The predicted octanol–water partition coefficient (Wildman–Crippen LogP) is 4.98. The molecular formula is C26H20ClN3O5. The summed E-state index contributed by atoms with van der Waals surface area (Å²) in [6.45, 7) is 0. The van der Waals surface area contributed by atoms with Crippen LogP contribution < -0.4 is 5.56 Å². The van der Waals surface area contributed by atoms with Crippen LogP contribution in [-0.4, -0.2) is 32.7 Å². The Morgan fingerprint density at radius 3 is 2.54 bits per heavy atom. The number of nitrogens with one attached hydrogen (secondary N) is 1. The number of rotatable bonds is 6. The Morgan fingerprint density at radius 1 is 1.06 bits per heavy atom. The van der Waals surface area contributed by atoms with Crippen molar-refractivity contribution in [1.82, 2.24) is 9.99 Å². The molecular weight excluding hydrogens is 470 g/mol. The molecule has 2 aromatic heterocycles. The number of carbonyl (C=O) groups is 2. The molecule has 0 aliphatic carbocycles. The van der Waals surface area contributed by atoms with Crippen LogP contribution >= 0.6 is 11.6 Å². The van der Waals surface area contributed by atoms with E-state index in [0.717, 1.165) is 10.9 Å². The largest absolute Gasteiger partial charge is 0.481 e. The van der Waals surface area contributed by atoms with Crippen LogP contribution in [0.2, 0.25) is 5.02 Å². The fourth-order valence-corrected chi connectivity index (χ4v) is 4.48. The van der Waals surface area contributed by atoms with Gasteiger partial charge in [0.05, 0.1) is 24.0 Å². The van der Waals surface area contributed by atoms with Gasteiger partial charge in [-0.3, -0.25) is 14.4 Å². The number of furan rings is 1. The molecule has 0 saturated heterocycles. The molecule has 0 spiro atoms. The van der Waals surface area contributed by atoms with Crippen molar-refractivity contribution >= 4 is 40.1 Å². The van der Waals surface area contributed by atoms with Gasteiger partial charge in [-0.15, -0.1) is 0 Å². The number of fused-ring (bicyclic) bond motifs is 1. The van der Waals surface area contributed by atoms with Crippen LogP contribution in [0.4, 0.5) is 0 Å². The summed E-state index contributed by atoms with van der Waals surface area (Å²) in [5, 5.41) is 16.2. The maximum Gasteiger partial charge on any atom is 0.303 e. The Morgan fingerprint density at radius 2 is 1.83 bits per heavy atom. The van der Waals surface area contributed by atoms with Gasteiger partial charge in [-0.05, 0) is 35.9 Å². The van der Waals surface area contributed by atoms with Crippen molar-refractivity contribution in [3.05, 3.63) is 93.6 Å². The SMILES string of the molecule is O=C(O)CCC(=O)N1N=C(c2c(-c3ccc(Cl)cc3)c3ccccc3[nH]c2=O)CC1c1ccco1. The number of amides is 1. The lowest BCUT2D eigenvalue weighted by Crippen LogP contribution is -2.27. The third-order valence-electron chi connectivity index (χ3n) is 5.93. The third kappa shape index (κ3) is 4.36. The number of pyridine rings is 1. The average molecular weight is 490 g/mol. The molecule has 0 fully saturated rings. The number of nitrogens with zero attached hydrogens (tertiary/aromatic N) is 2. The Balaban J connectivity index is 1.68. The quantitative estimate of drug-likeness (QED) is 0.396. The molecule has 0 saturated carbocycles. The second-order valence-electron chi connectivity index (χ2n) is 8.17. The molecule has 176 valence electrons. The first-order chi connectivity index (χ1) is 16.9. The van der Waals surface area contributed by atoms with Gasteiger partial charge in [-0.1, -0.05) is 41.9 Å². The number of aromatic amines is 1. The fourth-order valence-electron chi connectivity index (χ4n) is 4.36. The Kier molecular flexibility index (Phi) is 5.96. The Labute approximate surface area is 204 Å². The Hall–Kier alpha value is -4.17. The zero-order valence-electron chi connectivity index (χ0n) is 18.4. The van der Waals surface area contributed by atoms with E-state index in [-0.39, 0.29) is 24.8 Å². The first kappa shape index (κ1) is 22.6. The van der Waals surface area contributed by atoms with E-state index in [1.165, 1.54) is 11.3 Å². The van der Waals surface area contributed by atoms with E-state index in [0.29, 0.717) is 33.1 Å². The number of H-pyrrole nitrogens is 1. The summed E-state index contributed by atoms with van der Waals surface area (Å²) in [4.78, 5) is 40.3. The zero-order valence-corrected chi connectivity index (χ0v) is 19.2. The smallest absolute Gasteiger partial charge is 0.303 e. The monoisotopic (exact) mass is 489 g/mol. The van der Waals surface area contributed by atoms with Crippen molar-refractivity contribution in [1.29, 1.82) is 0 Å². The lowest BCUT2D eigenvalue weighted by molar-refractivity contribution is -0.141. The first-order valence-electron chi connectivity index (χ1n) is 11.0. The van der Waals surface area contributed by atoms with Crippen LogP contribution in [0.3, 0.4) is 0 Å². The van der Waals surface area contributed by atoms with E-state index in [1.807, 2.05) is 36.4 Å². The van der Waals surface area contributed by atoms with Crippen molar-refractivity contribution in [3.8, 4) is 11.1 Å². The lowest BCUT2D eigenvalue weighted by Gasteiger charge is -2.19. The molecule has 0 bridgehead atoms. The van der Waals surface area contributed by atoms with Crippen molar-refractivity contribution in [2.45, 2.75) is 25.3 Å². The highest BCUT2D eigenvalue weighted by molar-refractivity contribution is 6.30. The highest BCUT2D eigenvalue weighted by Gasteiger charge is 2.36. The summed E-state index contributed by atoms with van der Waals surface area (Å²) >= 11 is 6.11. The van der Waals surface area contributed by atoms with Crippen LogP contribution in [-0.2, 0) is 9.59 Å². The normalized spacial score (nSPS) is 15.4. The number of aliphatic carboxylic acids is 1. The number of aromatic nitrogens is 1. The van der Waals surface area contributed by atoms with Gasteiger partial charge in [0.2, 0.25) is 5.91 Å². The number of hydrogen-bond donors (Lipinski definition) is 2. The van der Waals surface area contributed by atoms with Crippen molar-refractivity contribution in [2.24, 2.45) is 5.10 Å². The molecule has 8 nitrogen and oxygen atoms in total. The fraction of sp³-hybridized carbons (Fsp3) is 0.154. The van der Waals surface area contributed by atoms with Crippen molar-refractivity contribution in [2.75, 3.05) is 0 Å². The molecule has 4 aromatic rings. The minimum atomic E-state index is -1.08. The molecule has 1 aliphatic heterocycles. The van der Waals surface area contributed by atoms with E-state index in [9.17, 15) is 14.4 Å². The minimum absolute atomic E-state index is 0.221. The molecule has 9 heteroatoms. The molecule has 1 atom stereocenters. The molecule has 2 N–H and O–H groups in total. The van der Waals surface area contributed by atoms with Crippen molar-refractivity contribution < 1.29 is 19.1 Å². The Bertz CT molecular complexity index is 1510. The second-order valence-corrected chi connectivity index (χ2v) is 8.61. The van der Waals surface area contributed by atoms with Crippen LogP contribution in [0, 0.1) is 0 Å². The number of carboxylic acid groups (broad SMARTS) is 1. The number of hydrazone groups is 1. The number of carbonyl (C=O) groups excluding carboxylic acids is 1. The van der Waals surface area contributed by atoms with Gasteiger partial charge in [0.1, 0.15) is 11.8 Å². The summed E-state index contributed by atoms with van der Waals surface area (Å²) in [5.41, 5.74) is 2.53. The lowest BCUT2D eigenvalue weighted by atomic mass is 9.92. The molecule has 1 amide bonds. The number of benzene rings is 2. The zero-order chi connectivity index (χ0) is 24.5. The van der Waals surface area contributed by atoms with Gasteiger partial charge >= 0.3 is 5.97 Å². The van der Waals surface area contributed by atoms with Crippen molar-refractivity contribution in [3.63, 3.8) is 0 Å². The molecule has 35 heavy (non-hydrogen) atoms. The highest BCUT2D eigenvalue weighted by Crippen LogP contribution is 2.37. The number of hydrogen-bond acceptors (Lipinski definition) is 5. The van der Waals surface area contributed by atoms with E-state index < -0.39 is 17.9 Å². The van der Waals surface area contributed by atoms with Gasteiger partial charge in [0, 0.05) is 34.3 Å². The van der Waals surface area contributed by atoms with Crippen LogP contribution in [0.1, 0.15) is 36.6 Å². The molecule has 1 aliphatic rings. The van der Waals surface area contributed by atoms with Gasteiger partial charge in [0.15, 0.2) is 0 Å². The average Bonchev–Trinajstić information content (AvgIpc) is 3.52. The maximum absolute atomic E-state index is 13.4. The number of para-hydroxylation sites is 1. The summed E-state index contributed by atoms with van der Waals surface area (Å²) in [5.74, 6) is -1.04. The second kappa shape index (κ2) is 9.23. The number of halogens is 1. The van der Waals surface area contributed by atoms with E-state index in [1.54, 1.807) is 24.3 Å². The minimum Gasteiger partial charge on any atom is -0.481 e. The van der Waals surface area contributed by atoms with Gasteiger partial charge in [-0.25, -0.2) is 5.01 Å². The summed E-state index contributed by atoms with van der Waals surface area (Å²) in [7, 11) is 0. The molecule has 2 aromatic carbocycles.